The van der Waals surface area contributed by atoms with Gasteiger partial charge in [-0.05, 0) is 48.9 Å². The van der Waals surface area contributed by atoms with E-state index in [-0.39, 0.29) is 10.8 Å². The zero-order chi connectivity index (χ0) is 21.4. The van der Waals surface area contributed by atoms with Crippen LogP contribution in [-0.2, 0) is 0 Å². The van der Waals surface area contributed by atoms with Crippen molar-refractivity contribution in [2.75, 3.05) is 29.6 Å². The summed E-state index contributed by atoms with van der Waals surface area (Å²) in [6, 6.07) is 11.9. The number of thioether (sulfide) groups is 1. The molecule has 0 aliphatic carbocycles. The molecule has 9 nitrogen and oxygen atoms in total. The monoisotopic (exact) mass is 440 g/mol. The molecule has 0 radical (unpaired) electrons. The lowest BCUT2D eigenvalue weighted by molar-refractivity contribution is 0.0745. The molecule has 5 rings (SSSR count). The van der Waals surface area contributed by atoms with Gasteiger partial charge in [0.2, 0.25) is 5.95 Å². The molecular formula is C21H24N6O3S. The Labute approximate surface area is 184 Å². The van der Waals surface area contributed by atoms with Gasteiger partial charge < -0.3 is 25.3 Å². The number of piperidine rings is 1. The van der Waals surface area contributed by atoms with Crippen LogP contribution in [-0.4, -0.2) is 63.2 Å². The highest BCUT2D eigenvalue weighted by Gasteiger charge is 2.50. The normalized spacial score (nSPS) is 26.6. The maximum absolute atomic E-state index is 11.4. The van der Waals surface area contributed by atoms with E-state index in [0.717, 1.165) is 30.3 Å². The summed E-state index contributed by atoms with van der Waals surface area (Å²) in [7, 11) is 0. The number of rotatable bonds is 3. The largest absolute Gasteiger partial charge is 0.376 e. The molecule has 3 fully saturated rings. The third kappa shape index (κ3) is 3.76. The smallest absolute Gasteiger partial charge is 0.285 e. The van der Waals surface area contributed by atoms with Crippen LogP contribution in [0.3, 0.4) is 0 Å². The van der Waals surface area contributed by atoms with E-state index < -0.39 is 12.5 Å². The summed E-state index contributed by atoms with van der Waals surface area (Å²) < 4.78 is 0. The van der Waals surface area contributed by atoms with E-state index in [1.807, 2.05) is 18.2 Å². The molecule has 3 saturated heterocycles. The second-order valence-electron chi connectivity index (χ2n) is 7.88. The first kappa shape index (κ1) is 20.3. The lowest BCUT2D eigenvalue weighted by Crippen LogP contribution is -2.58. The zero-order valence-corrected chi connectivity index (χ0v) is 17.6. The predicted molar refractivity (Wildman–Crippen MR) is 119 cm³/mol. The van der Waals surface area contributed by atoms with Crippen molar-refractivity contribution in [3.8, 4) is 0 Å². The third-order valence-electron chi connectivity index (χ3n) is 6.16. The second kappa shape index (κ2) is 8.12. The van der Waals surface area contributed by atoms with Gasteiger partial charge in [-0.15, -0.1) is 0 Å². The van der Waals surface area contributed by atoms with Crippen molar-refractivity contribution in [3.63, 3.8) is 0 Å². The number of aliphatic hydroxyl groups is 2. The Morgan fingerprint density at radius 1 is 1.16 bits per heavy atom. The molecule has 3 aliphatic rings. The van der Waals surface area contributed by atoms with Crippen molar-refractivity contribution >= 4 is 34.7 Å². The standard InChI is InChI=1S/C21H24N6O3S/c28-17-16(31-20(30)25-17)12-14-6-9-22-19(24-14)26-10-7-21(8-11-26)18(29)23-13-27(21)15-4-2-1-3-5-15/h1-6,9,12,17-18,23,28-29H,7-8,10-11,13H2,(H,25,30). The van der Waals surface area contributed by atoms with E-state index in [1.54, 1.807) is 18.3 Å². The highest BCUT2D eigenvalue weighted by atomic mass is 32.2. The van der Waals surface area contributed by atoms with Gasteiger partial charge in [0.15, 0.2) is 6.23 Å². The molecule has 2 atom stereocenters. The summed E-state index contributed by atoms with van der Waals surface area (Å²) in [4.78, 5) is 25.4. The first-order valence-corrected chi connectivity index (χ1v) is 11.1. The number of carbonyl (C=O) groups is 1. The molecule has 2 aromatic rings. The SMILES string of the molecule is O=C1NC(O)C(=Cc2ccnc(N3CCC4(CC3)C(O)NCN4c3ccccc3)n2)S1. The second-order valence-corrected chi connectivity index (χ2v) is 8.93. The number of aliphatic hydroxyl groups excluding tert-OH is 2. The van der Waals surface area contributed by atoms with Gasteiger partial charge in [-0.3, -0.25) is 10.1 Å². The Bertz CT molecular complexity index is 996. The van der Waals surface area contributed by atoms with E-state index in [1.165, 1.54) is 0 Å². The van der Waals surface area contributed by atoms with Gasteiger partial charge in [-0.25, -0.2) is 9.97 Å². The number of para-hydroxylation sites is 1. The average Bonchev–Trinajstić information content (AvgIpc) is 3.27. The van der Waals surface area contributed by atoms with E-state index in [2.05, 4.69) is 42.5 Å². The summed E-state index contributed by atoms with van der Waals surface area (Å²) in [5, 5.41) is 26.0. The molecule has 1 aromatic carbocycles. The molecule has 0 bridgehead atoms. The third-order valence-corrected chi connectivity index (χ3v) is 7.04. The van der Waals surface area contributed by atoms with Crippen LogP contribution in [0.1, 0.15) is 18.5 Å². The van der Waals surface area contributed by atoms with E-state index in [0.29, 0.717) is 36.3 Å². The van der Waals surface area contributed by atoms with Gasteiger partial charge in [0.25, 0.3) is 5.24 Å². The fourth-order valence-corrected chi connectivity index (χ4v) is 5.23. The predicted octanol–water partition coefficient (Wildman–Crippen LogP) is 1.32. The van der Waals surface area contributed by atoms with Crippen molar-refractivity contribution < 1.29 is 15.0 Å². The summed E-state index contributed by atoms with van der Waals surface area (Å²) in [5.41, 5.74) is 1.37. The lowest BCUT2D eigenvalue weighted by atomic mass is 9.85. The molecule has 4 heterocycles. The van der Waals surface area contributed by atoms with Crippen LogP contribution >= 0.6 is 11.8 Å². The minimum atomic E-state index is -0.994. The van der Waals surface area contributed by atoms with Crippen molar-refractivity contribution in [2.45, 2.75) is 30.8 Å². The van der Waals surface area contributed by atoms with Crippen molar-refractivity contribution in [1.29, 1.82) is 0 Å². The number of amides is 1. The number of nitrogens with zero attached hydrogens (tertiary/aromatic N) is 4. The Kier molecular flexibility index (Phi) is 5.30. The molecular weight excluding hydrogens is 416 g/mol. The highest BCUT2D eigenvalue weighted by Crippen LogP contribution is 2.38. The van der Waals surface area contributed by atoms with Crippen molar-refractivity contribution in [1.82, 2.24) is 20.6 Å². The number of aromatic nitrogens is 2. The highest BCUT2D eigenvalue weighted by molar-refractivity contribution is 8.17. The average molecular weight is 441 g/mol. The molecule has 10 heteroatoms. The minimum Gasteiger partial charge on any atom is -0.376 e. The number of nitrogens with one attached hydrogen (secondary N) is 2. The summed E-state index contributed by atoms with van der Waals surface area (Å²) in [6.07, 6.45) is 3.31. The molecule has 162 valence electrons. The Morgan fingerprint density at radius 2 is 1.94 bits per heavy atom. The number of hydrogen-bond donors (Lipinski definition) is 4. The topological polar surface area (TPSA) is 114 Å². The van der Waals surface area contributed by atoms with Crippen LogP contribution in [0, 0.1) is 0 Å². The minimum absolute atomic E-state index is 0.277. The Hall–Kier alpha value is -2.66. The Morgan fingerprint density at radius 3 is 2.65 bits per heavy atom. The summed E-state index contributed by atoms with van der Waals surface area (Å²) in [6.45, 7) is 2.02. The van der Waals surface area contributed by atoms with Crippen molar-refractivity contribution in [3.05, 3.63) is 53.2 Å². The maximum atomic E-state index is 11.4. The van der Waals surface area contributed by atoms with E-state index >= 15 is 0 Å². The van der Waals surface area contributed by atoms with Crippen LogP contribution in [0.4, 0.5) is 16.4 Å². The van der Waals surface area contributed by atoms with Gasteiger partial charge in [-0.2, -0.15) is 0 Å². The van der Waals surface area contributed by atoms with Gasteiger partial charge in [0, 0.05) is 29.9 Å². The fourth-order valence-electron chi connectivity index (χ4n) is 4.49. The molecule has 31 heavy (non-hydrogen) atoms. The molecule has 2 unspecified atom stereocenters. The quantitative estimate of drug-likeness (QED) is 0.561. The fraction of sp³-hybridized carbons (Fsp3) is 0.381. The van der Waals surface area contributed by atoms with E-state index in [9.17, 15) is 15.0 Å². The molecule has 0 saturated carbocycles. The Balaban J connectivity index is 1.33. The van der Waals surface area contributed by atoms with Gasteiger partial charge in [0.1, 0.15) is 6.23 Å². The van der Waals surface area contributed by atoms with Crippen LogP contribution < -0.4 is 20.4 Å². The molecule has 1 amide bonds. The van der Waals surface area contributed by atoms with Crippen LogP contribution in [0.5, 0.6) is 0 Å². The first-order chi connectivity index (χ1) is 15.0. The number of carbonyl (C=O) groups excluding carboxylic acids is 1. The maximum Gasteiger partial charge on any atom is 0.285 e. The first-order valence-electron chi connectivity index (χ1n) is 10.3. The number of hydrogen-bond acceptors (Lipinski definition) is 9. The molecule has 3 aliphatic heterocycles. The molecule has 1 aromatic heterocycles. The van der Waals surface area contributed by atoms with Crippen LogP contribution in [0.2, 0.25) is 0 Å². The number of anilines is 2. The molecule has 4 N–H and O–H groups in total. The van der Waals surface area contributed by atoms with E-state index in [4.69, 9.17) is 0 Å². The van der Waals surface area contributed by atoms with Crippen LogP contribution in [0.25, 0.3) is 6.08 Å². The summed E-state index contributed by atoms with van der Waals surface area (Å²) in [5.74, 6) is 0.604. The lowest BCUT2D eigenvalue weighted by Gasteiger charge is -2.46. The number of benzene rings is 1. The van der Waals surface area contributed by atoms with Crippen LogP contribution in [0.15, 0.2) is 47.5 Å². The molecule has 1 spiro atoms. The summed E-state index contributed by atoms with van der Waals surface area (Å²) >= 11 is 0.968. The van der Waals surface area contributed by atoms with Crippen molar-refractivity contribution in [2.24, 2.45) is 0 Å². The van der Waals surface area contributed by atoms with Gasteiger partial charge >= 0.3 is 0 Å². The van der Waals surface area contributed by atoms with Gasteiger partial charge in [-0.1, -0.05) is 18.2 Å². The van der Waals surface area contributed by atoms with Gasteiger partial charge in [0.05, 0.1) is 17.9 Å². The zero-order valence-electron chi connectivity index (χ0n) is 16.8.